The molecule has 35 heavy (non-hydrogen) atoms. The van der Waals surface area contributed by atoms with Crippen LogP contribution in [0.4, 0.5) is 32.0 Å². The highest BCUT2D eigenvalue weighted by molar-refractivity contribution is 7.91. The van der Waals surface area contributed by atoms with E-state index in [2.05, 4.69) is 9.50 Å². The van der Waals surface area contributed by atoms with Crippen LogP contribution in [0.3, 0.4) is 0 Å². The summed E-state index contributed by atoms with van der Waals surface area (Å²) in [7, 11) is -1.36. The number of aromatic nitrogens is 2. The first-order chi connectivity index (χ1) is 16.1. The van der Waals surface area contributed by atoms with Crippen LogP contribution in [-0.4, -0.2) is 55.2 Å². The van der Waals surface area contributed by atoms with Crippen molar-refractivity contribution in [1.29, 1.82) is 0 Å². The minimum Gasteiger partial charge on any atom is -0.861 e. The first-order valence-corrected chi connectivity index (χ1v) is 11.7. The molecular formula is C20H22F6N5O3S-. The summed E-state index contributed by atoms with van der Waals surface area (Å²) in [6.07, 6.45) is -7.52. The molecule has 2 aromatic rings. The fourth-order valence-electron chi connectivity index (χ4n) is 3.89. The molecule has 0 amide bonds. The predicted molar refractivity (Wildman–Crippen MR) is 113 cm³/mol. The molecule has 0 spiro atoms. The van der Waals surface area contributed by atoms with E-state index in [4.69, 9.17) is 0 Å². The Morgan fingerprint density at radius 1 is 1.14 bits per heavy atom. The maximum Gasteiger partial charge on any atom is 0.416 e. The van der Waals surface area contributed by atoms with Crippen molar-refractivity contribution in [3.63, 3.8) is 0 Å². The molecule has 1 atom stereocenters. The molecule has 194 valence electrons. The SMILES string of the molecule is CN1CCCC(N(c2cnn(C)c2)S(=O)(=O)/N=C(\[O-])Cc2cc(C(F)(F)F)cc(C(F)(F)F)c2)C1. The molecule has 15 heteroatoms. The lowest BCUT2D eigenvalue weighted by Crippen LogP contribution is -2.49. The molecule has 0 saturated carbocycles. The van der Waals surface area contributed by atoms with Gasteiger partial charge >= 0.3 is 22.6 Å². The average molecular weight is 526 g/mol. The van der Waals surface area contributed by atoms with Crippen molar-refractivity contribution < 1.29 is 39.9 Å². The van der Waals surface area contributed by atoms with E-state index in [9.17, 15) is 39.9 Å². The second-order valence-electron chi connectivity index (χ2n) is 8.28. The van der Waals surface area contributed by atoms with Gasteiger partial charge in [-0.05, 0) is 56.1 Å². The Morgan fingerprint density at radius 3 is 2.23 bits per heavy atom. The van der Waals surface area contributed by atoms with Crippen molar-refractivity contribution in [2.24, 2.45) is 11.4 Å². The maximum absolute atomic E-state index is 13.1. The zero-order valence-electron chi connectivity index (χ0n) is 18.6. The first kappa shape index (κ1) is 26.8. The van der Waals surface area contributed by atoms with Gasteiger partial charge in [0.25, 0.3) is 0 Å². The molecule has 1 aromatic heterocycles. The number of halogens is 6. The molecular weight excluding hydrogens is 504 g/mol. The molecule has 1 aromatic carbocycles. The Kier molecular flexibility index (Phi) is 7.41. The third-order valence-electron chi connectivity index (χ3n) is 5.35. The largest absolute Gasteiger partial charge is 0.861 e. The lowest BCUT2D eigenvalue weighted by Gasteiger charge is -2.36. The summed E-state index contributed by atoms with van der Waals surface area (Å²) in [4.78, 5) is 1.89. The Morgan fingerprint density at radius 2 is 1.74 bits per heavy atom. The zero-order valence-corrected chi connectivity index (χ0v) is 19.5. The minimum absolute atomic E-state index is 0.0778. The van der Waals surface area contributed by atoms with Gasteiger partial charge < -0.3 is 10.0 Å². The van der Waals surface area contributed by atoms with Crippen LogP contribution >= 0.6 is 0 Å². The van der Waals surface area contributed by atoms with E-state index in [-0.39, 0.29) is 11.8 Å². The van der Waals surface area contributed by atoms with Gasteiger partial charge in [-0.15, -0.1) is 0 Å². The second-order valence-corrected chi connectivity index (χ2v) is 9.75. The summed E-state index contributed by atoms with van der Waals surface area (Å²) in [6.45, 7) is 1.05. The molecule has 0 aliphatic carbocycles. The highest BCUT2D eigenvalue weighted by Gasteiger charge is 2.37. The zero-order chi connectivity index (χ0) is 26.2. The topological polar surface area (TPSA) is 93.9 Å². The van der Waals surface area contributed by atoms with Gasteiger partial charge in [0.15, 0.2) is 0 Å². The molecule has 0 radical (unpaired) electrons. The molecule has 0 bridgehead atoms. The number of nitrogens with zero attached hydrogens (tertiary/aromatic N) is 5. The summed E-state index contributed by atoms with van der Waals surface area (Å²) in [5.74, 6) is -1.41. The number of hydrogen-bond acceptors (Lipinski definition) is 5. The maximum atomic E-state index is 13.1. The molecule has 3 rings (SSSR count). The Bertz CT molecular complexity index is 1160. The number of alkyl halides is 6. The van der Waals surface area contributed by atoms with Crippen LogP contribution in [0.25, 0.3) is 0 Å². The fourth-order valence-corrected chi connectivity index (χ4v) is 5.21. The summed E-state index contributed by atoms with van der Waals surface area (Å²) in [5, 5.41) is 16.4. The van der Waals surface area contributed by atoms with Gasteiger partial charge in [0.1, 0.15) is 0 Å². The number of benzene rings is 1. The third kappa shape index (κ3) is 6.66. The van der Waals surface area contributed by atoms with E-state index >= 15 is 0 Å². The standard InChI is InChI=1S/C20H23F6N5O3S/c1-29-5-3-4-16(11-29)31(17-10-27-30(2)12-17)35(33,34)28-18(32)8-13-6-14(19(21,22)23)9-15(7-13)20(24,25)26/h6-7,9-10,12,16H,3-5,8,11H2,1-2H3,(H,28,32)/p-1. The summed E-state index contributed by atoms with van der Waals surface area (Å²) < 4.78 is 110. The Hall–Kier alpha value is -2.81. The summed E-state index contributed by atoms with van der Waals surface area (Å²) >= 11 is 0. The molecule has 1 aliphatic heterocycles. The monoisotopic (exact) mass is 526 g/mol. The lowest BCUT2D eigenvalue weighted by atomic mass is 10.0. The number of piperidine rings is 1. The predicted octanol–water partition coefficient (Wildman–Crippen LogP) is 2.60. The molecule has 0 N–H and O–H groups in total. The van der Waals surface area contributed by atoms with Gasteiger partial charge in [0, 0.05) is 26.2 Å². The van der Waals surface area contributed by atoms with Crippen molar-refractivity contribution >= 4 is 21.8 Å². The van der Waals surface area contributed by atoms with Gasteiger partial charge in [-0.2, -0.15) is 44.3 Å². The number of rotatable bonds is 6. The smallest absolute Gasteiger partial charge is 0.416 e. The van der Waals surface area contributed by atoms with Crippen LogP contribution in [0.1, 0.15) is 29.5 Å². The molecule has 1 fully saturated rings. The number of anilines is 1. The van der Waals surface area contributed by atoms with E-state index in [0.717, 1.165) is 10.8 Å². The van der Waals surface area contributed by atoms with E-state index in [0.29, 0.717) is 31.5 Å². The van der Waals surface area contributed by atoms with Crippen molar-refractivity contribution in [3.8, 4) is 0 Å². The van der Waals surface area contributed by atoms with Gasteiger partial charge in [-0.3, -0.25) is 4.68 Å². The first-order valence-electron chi connectivity index (χ1n) is 10.3. The Balaban J connectivity index is 1.97. The van der Waals surface area contributed by atoms with E-state index in [1.54, 1.807) is 14.1 Å². The van der Waals surface area contributed by atoms with E-state index < -0.39 is 57.6 Å². The fraction of sp³-hybridized carbons (Fsp3) is 0.500. The minimum atomic E-state index is -5.10. The van der Waals surface area contributed by atoms with Gasteiger partial charge in [-0.25, -0.2) is 4.31 Å². The van der Waals surface area contributed by atoms with Crippen LogP contribution in [0.2, 0.25) is 0 Å². The number of aryl methyl sites for hydroxylation is 1. The van der Waals surface area contributed by atoms with Crippen molar-refractivity contribution in [2.45, 2.75) is 37.7 Å². The molecule has 1 unspecified atom stereocenters. The van der Waals surface area contributed by atoms with Gasteiger partial charge in [-0.1, -0.05) is 0 Å². The average Bonchev–Trinajstić information content (AvgIpc) is 3.11. The molecule has 8 nitrogen and oxygen atoms in total. The van der Waals surface area contributed by atoms with Crippen LogP contribution in [0.15, 0.2) is 35.0 Å². The van der Waals surface area contributed by atoms with Gasteiger partial charge in [0.05, 0.1) is 29.1 Å². The van der Waals surface area contributed by atoms with E-state index in [1.165, 1.54) is 17.1 Å². The molecule has 2 heterocycles. The number of likely N-dealkylation sites (N-methyl/N-ethyl adjacent to an activating group) is 1. The van der Waals surface area contributed by atoms with Crippen molar-refractivity contribution in [1.82, 2.24) is 14.7 Å². The molecule has 1 aliphatic rings. The molecule has 1 saturated heterocycles. The second kappa shape index (κ2) is 9.68. The highest BCUT2D eigenvalue weighted by Crippen LogP contribution is 2.36. The summed E-state index contributed by atoms with van der Waals surface area (Å²) in [5.41, 5.74) is -3.76. The van der Waals surface area contributed by atoms with Crippen LogP contribution in [0, 0.1) is 0 Å². The van der Waals surface area contributed by atoms with Gasteiger partial charge in [0.2, 0.25) is 0 Å². The van der Waals surface area contributed by atoms with Crippen LogP contribution in [-0.2, 0) is 36.0 Å². The lowest BCUT2D eigenvalue weighted by molar-refractivity contribution is -0.217. The Labute approximate surface area is 197 Å². The third-order valence-corrected chi connectivity index (χ3v) is 6.79. The quantitative estimate of drug-likeness (QED) is 0.328. The van der Waals surface area contributed by atoms with Crippen molar-refractivity contribution in [2.75, 3.05) is 24.4 Å². The van der Waals surface area contributed by atoms with Crippen LogP contribution in [0.5, 0.6) is 0 Å². The summed E-state index contributed by atoms with van der Waals surface area (Å²) in [6, 6.07) is 0.0463. The van der Waals surface area contributed by atoms with Crippen LogP contribution < -0.4 is 9.41 Å². The number of hydrogen-bond donors (Lipinski definition) is 0. The number of likely N-dealkylation sites (tertiary alicyclic amines) is 1. The van der Waals surface area contributed by atoms with Crippen molar-refractivity contribution in [3.05, 3.63) is 47.3 Å². The normalized spacial score (nSPS) is 18.6. The highest BCUT2D eigenvalue weighted by atomic mass is 32.2. The van der Waals surface area contributed by atoms with E-state index in [1.807, 2.05) is 4.90 Å².